The maximum atomic E-state index is 12.8. The maximum Gasteiger partial charge on any atom is 0.251 e. The van der Waals surface area contributed by atoms with Gasteiger partial charge < -0.3 is 20.7 Å². The molecule has 0 bridgehead atoms. The van der Waals surface area contributed by atoms with E-state index in [1.54, 1.807) is 25.6 Å². The number of hydrogen-bond donors (Lipinski definition) is 2. The van der Waals surface area contributed by atoms with Crippen LogP contribution in [0.2, 0.25) is 0 Å². The van der Waals surface area contributed by atoms with Gasteiger partial charge in [-0.25, -0.2) is 0 Å². The molecule has 1 aliphatic heterocycles. The Morgan fingerprint density at radius 3 is 3.00 bits per heavy atom. The molecule has 1 aromatic heterocycles. The Hall–Kier alpha value is -2.96. The Bertz CT molecular complexity index is 1050. The highest BCUT2D eigenvalue weighted by molar-refractivity contribution is 6.03. The Morgan fingerprint density at radius 2 is 2.16 bits per heavy atom. The zero-order chi connectivity index (χ0) is 21.6. The Kier molecular flexibility index (Phi) is 6.79. The highest BCUT2D eigenvalue weighted by Gasteiger charge is 2.22. The first kappa shape index (κ1) is 21.3. The molecule has 3 aromatic rings. The number of methoxy groups -OCH3 is 1. The number of pyridine rings is 1. The number of hydrogen-bond acceptors (Lipinski definition) is 5. The zero-order valence-corrected chi connectivity index (χ0v) is 18.0. The number of anilines is 1. The molecule has 1 atom stereocenters. The molecule has 1 saturated heterocycles. The topological polar surface area (TPSA) is 80.5 Å². The van der Waals surface area contributed by atoms with E-state index in [9.17, 15) is 4.79 Å². The van der Waals surface area contributed by atoms with Crippen LogP contribution in [-0.2, 0) is 4.74 Å². The van der Waals surface area contributed by atoms with Crippen LogP contribution in [0.3, 0.4) is 0 Å². The minimum atomic E-state index is -0.0222. The van der Waals surface area contributed by atoms with Gasteiger partial charge in [0.05, 0.1) is 0 Å². The molecule has 3 N–H and O–H groups in total. The predicted molar refractivity (Wildman–Crippen MR) is 125 cm³/mol. The van der Waals surface area contributed by atoms with Crippen LogP contribution in [0.15, 0.2) is 54.9 Å². The third-order valence-electron chi connectivity index (χ3n) is 6.03. The Labute approximate surface area is 183 Å². The number of carbonyl (C=O) groups excluding carboxylic acids is 1. The number of fused-ring (bicyclic) bond motifs is 1. The third-order valence-corrected chi connectivity index (χ3v) is 6.03. The van der Waals surface area contributed by atoms with E-state index in [-0.39, 0.29) is 5.91 Å². The third kappa shape index (κ3) is 5.03. The minimum absolute atomic E-state index is 0.0222. The van der Waals surface area contributed by atoms with Crippen LogP contribution < -0.4 is 11.1 Å². The van der Waals surface area contributed by atoms with Gasteiger partial charge in [0, 0.05) is 62.6 Å². The fourth-order valence-electron chi connectivity index (χ4n) is 4.34. The van der Waals surface area contributed by atoms with Crippen LogP contribution in [0.1, 0.15) is 23.2 Å². The summed E-state index contributed by atoms with van der Waals surface area (Å²) in [5.74, 6) is 0.484. The lowest BCUT2D eigenvalue weighted by molar-refractivity contribution is 0.0947. The SMILES string of the molecule is COCCCN1CCC(CNC(=O)c2ccc3c(-c4cnccc4N)cccc3c2)C1. The van der Waals surface area contributed by atoms with Crippen molar-refractivity contribution in [1.29, 1.82) is 0 Å². The van der Waals surface area contributed by atoms with Gasteiger partial charge in [0.1, 0.15) is 0 Å². The van der Waals surface area contributed by atoms with Crippen LogP contribution >= 0.6 is 0 Å². The van der Waals surface area contributed by atoms with Crippen molar-refractivity contribution in [2.45, 2.75) is 12.8 Å². The van der Waals surface area contributed by atoms with Crippen LogP contribution in [0.4, 0.5) is 5.69 Å². The average Bonchev–Trinajstić information content (AvgIpc) is 3.25. The molecule has 0 saturated carbocycles. The molecule has 2 heterocycles. The van der Waals surface area contributed by atoms with Gasteiger partial charge in [0.15, 0.2) is 0 Å². The number of nitrogens with two attached hydrogens (primary N) is 1. The second-order valence-corrected chi connectivity index (χ2v) is 8.22. The van der Waals surface area contributed by atoms with Crippen molar-refractivity contribution in [3.8, 4) is 11.1 Å². The highest BCUT2D eigenvalue weighted by Crippen LogP contribution is 2.32. The smallest absolute Gasteiger partial charge is 0.251 e. The molecule has 162 valence electrons. The fourth-order valence-corrected chi connectivity index (χ4v) is 4.34. The van der Waals surface area contributed by atoms with Gasteiger partial charge in [-0.3, -0.25) is 9.78 Å². The van der Waals surface area contributed by atoms with E-state index in [0.29, 0.717) is 23.7 Å². The summed E-state index contributed by atoms with van der Waals surface area (Å²) in [6.45, 7) is 4.71. The summed E-state index contributed by atoms with van der Waals surface area (Å²) in [4.78, 5) is 19.4. The molecular formula is C25H30N4O2. The molecular weight excluding hydrogens is 388 g/mol. The fraction of sp³-hybridized carbons (Fsp3) is 0.360. The normalized spacial score (nSPS) is 16.6. The number of ether oxygens (including phenoxy) is 1. The lowest BCUT2D eigenvalue weighted by Crippen LogP contribution is -2.31. The summed E-state index contributed by atoms with van der Waals surface area (Å²) < 4.78 is 5.13. The highest BCUT2D eigenvalue weighted by atomic mass is 16.5. The van der Waals surface area contributed by atoms with Gasteiger partial charge in [-0.1, -0.05) is 24.3 Å². The standard InChI is InChI=1S/C25H30N4O2/c1-31-13-3-11-29-12-9-18(17-29)15-28-25(30)20-6-7-21-19(14-20)4-2-5-22(21)23-16-27-10-8-24(23)26/h2,4-8,10,14,16,18H,3,9,11-13,15,17H2,1H3,(H2,26,27)(H,28,30). The quantitative estimate of drug-likeness (QED) is 0.547. The molecule has 1 unspecified atom stereocenters. The molecule has 4 rings (SSSR count). The number of aromatic nitrogens is 1. The van der Waals surface area contributed by atoms with Crippen LogP contribution in [0, 0.1) is 5.92 Å². The molecule has 1 amide bonds. The molecule has 6 heteroatoms. The van der Waals surface area contributed by atoms with Crippen molar-refractivity contribution in [3.63, 3.8) is 0 Å². The molecule has 0 radical (unpaired) electrons. The average molecular weight is 419 g/mol. The van der Waals surface area contributed by atoms with Crippen molar-refractivity contribution in [3.05, 3.63) is 60.4 Å². The molecule has 0 spiro atoms. The van der Waals surface area contributed by atoms with E-state index >= 15 is 0 Å². The lowest BCUT2D eigenvalue weighted by atomic mass is 9.97. The molecule has 1 aliphatic rings. The predicted octanol–water partition coefficient (Wildman–Crippen LogP) is 3.57. The largest absolute Gasteiger partial charge is 0.398 e. The first-order valence-corrected chi connectivity index (χ1v) is 10.9. The second kappa shape index (κ2) is 9.90. The van der Waals surface area contributed by atoms with Gasteiger partial charge in [0.25, 0.3) is 5.91 Å². The number of carbonyl (C=O) groups is 1. The first-order valence-electron chi connectivity index (χ1n) is 10.9. The van der Waals surface area contributed by atoms with Crippen LogP contribution in [-0.4, -0.2) is 55.7 Å². The number of rotatable bonds is 8. The summed E-state index contributed by atoms with van der Waals surface area (Å²) in [5, 5.41) is 5.20. The lowest BCUT2D eigenvalue weighted by Gasteiger charge is -2.16. The molecule has 6 nitrogen and oxygen atoms in total. The Morgan fingerprint density at radius 1 is 1.26 bits per heavy atom. The maximum absolute atomic E-state index is 12.8. The van der Waals surface area contributed by atoms with E-state index < -0.39 is 0 Å². The molecule has 1 fully saturated rings. The number of amides is 1. The van der Waals surface area contributed by atoms with Crippen molar-refractivity contribution in [2.24, 2.45) is 5.92 Å². The summed E-state index contributed by atoms with van der Waals surface area (Å²) in [6.07, 6.45) is 5.65. The molecule has 0 aliphatic carbocycles. The summed E-state index contributed by atoms with van der Waals surface area (Å²) in [5.41, 5.74) is 9.45. The van der Waals surface area contributed by atoms with E-state index in [4.69, 9.17) is 10.5 Å². The second-order valence-electron chi connectivity index (χ2n) is 8.22. The Balaban J connectivity index is 1.41. The van der Waals surface area contributed by atoms with Crippen molar-refractivity contribution < 1.29 is 9.53 Å². The van der Waals surface area contributed by atoms with Crippen molar-refractivity contribution in [1.82, 2.24) is 15.2 Å². The summed E-state index contributed by atoms with van der Waals surface area (Å²) >= 11 is 0. The minimum Gasteiger partial charge on any atom is -0.398 e. The van der Waals surface area contributed by atoms with E-state index in [1.807, 2.05) is 36.4 Å². The van der Waals surface area contributed by atoms with Gasteiger partial charge in [-0.15, -0.1) is 0 Å². The van der Waals surface area contributed by atoms with Gasteiger partial charge in [-0.2, -0.15) is 0 Å². The van der Waals surface area contributed by atoms with Crippen LogP contribution in [0.5, 0.6) is 0 Å². The first-order chi connectivity index (χ1) is 15.2. The number of nitrogens with one attached hydrogen (secondary N) is 1. The number of nitrogen functional groups attached to an aromatic ring is 1. The van der Waals surface area contributed by atoms with Crippen molar-refractivity contribution >= 4 is 22.4 Å². The summed E-state index contributed by atoms with van der Waals surface area (Å²) in [6, 6.07) is 13.7. The van der Waals surface area contributed by atoms with Gasteiger partial charge in [0.2, 0.25) is 0 Å². The van der Waals surface area contributed by atoms with E-state index in [2.05, 4.69) is 15.2 Å². The van der Waals surface area contributed by atoms with Gasteiger partial charge >= 0.3 is 0 Å². The van der Waals surface area contributed by atoms with E-state index in [0.717, 1.165) is 61.0 Å². The molecule has 2 aromatic carbocycles. The number of benzene rings is 2. The van der Waals surface area contributed by atoms with Crippen molar-refractivity contribution in [2.75, 3.05) is 45.6 Å². The monoisotopic (exact) mass is 418 g/mol. The number of likely N-dealkylation sites (tertiary alicyclic amines) is 1. The zero-order valence-electron chi connectivity index (χ0n) is 18.0. The van der Waals surface area contributed by atoms with E-state index in [1.165, 1.54) is 0 Å². The van der Waals surface area contributed by atoms with Crippen LogP contribution in [0.25, 0.3) is 21.9 Å². The summed E-state index contributed by atoms with van der Waals surface area (Å²) in [7, 11) is 1.74. The molecule has 31 heavy (non-hydrogen) atoms. The van der Waals surface area contributed by atoms with Gasteiger partial charge in [-0.05, 0) is 59.8 Å². The number of nitrogens with zero attached hydrogens (tertiary/aromatic N) is 2.